The van der Waals surface area contributed by atoms with Crippen LogP contribution in [0.25, 0.3) is 22.6 Å². The quantitative estimate of drug-likeness (QED) is 0.198. The van der Waals surface area contributed by atoms with Gasteiger partial charge in [-0.15, -0.1) is 0 Å². The first-order valence-electron chi connectivity index (χ1n) is 13.7. The highest BCUT2D eigenvalue weighted by atomic mass is 19.2. The molecule has 0 unspecified atom stereocenters. The number of aromatic amines is 1. The van der Waals surface area contributed by atoms with Gasteiger partial charge in [0.1, 0.15) is 5.82 Å². The minimum Gasteiger partial charge on any atom is -0.351 e. The van der Waals surface area contributed by atoms with Crippen molar-refractivity contribution in [3.05, 3.63) is 114 Å². The summed E-state index contributed by atoms with van der Waals surface area (Å²) in [6, 6.07) is 20.4. The van der Waals surface area contributed by atoms with Crippen molar-refractivity contribution >= 4 is 17.5 Å². The standard InChI is InChI=1S/C32H27F3N6O3/c1-32(30(42)37-16-19-5-3-2-4-6-19)17-43-29(44-18-32)28-40-26(20-7-9-21(33)10-8-20)27(41-28)25-13-14-36-31(39-25)38-22-11-12-23(34)24(35)15-22/h2-15,29H,16-18H2,1H3,(H,37,42)(H,40,41)(H,36,38,39). The summed E-state index contributed by atoms with van der Waals surface area (Å²) < 4.78 is 52.8. The summed E-state index contributed by atoms with van der Waals surface area (Å²) in [6.07, 6.45) is 0.576. The molecule has 224 valence electrons. The van der Waals surface area contributed by atoms with Crippen molar-refractivity contribution in [2.75, 3.05) is 18.5 Å². The molecule has 0 radical (unpaired) electrons. The third kappa shape index (κ3) is 6.31. The Kier molecular flexibility index (Phi) is 8.09. The van der Waals surface area contributed by atoms with Crippen LogP contribution in [-0.4, -0.2) is 39.1 Å². The van der Waals surface area contributed by atoms with Crippen LogP contribution in [0.3, 0.4) is 0 Å². The number of carbonyl (C=O) groups excluding carboxylic acids is 1. The summed E-state index contributed by atoms with van der Waals surface area (Å²) in [5.74, 6) is -2.15. The fraction of sp³-hybridized carbons (Fsp3) is 0.188. The van der Waals surface area contributed by atoms with Crippen LogP contribution in [0.4, 0.5) is 24.8 Å². The van der Waals surface area contributed by atoms with Gasteiger partial charge in [0.25, 0.3) is 0 Å². The molecule has 3 aromatic carbocycles. The van der Waals surface area contributed by atoms with Crippen LogP contribution in [0.5, 0.6) is 0 Å². The largest absolute Gasteiger partial charge is 0.351 e. The molecule has 0 saturated carbocycles. The molecule has 0 spiro atoms. The highest BCUT2D eigenvalue weighted by Crippen LogP contribution is 2.36. The SMILES string of the molecule is CC1(C(=O)NCc2ccccc2)COC(c2nc(-c3ccc(F)cc3)c(-c3ccnc(Nc4ccc(F)c(F)c4)n3)[nH]2)OC1. The molecule has 1 aliphatic rings. The molecule has 0 atom stereocenters. The van der Waals surface area contributed by atoms with Crippen LogP contribution < -0.4 is 10.6 Å². The number of amides is 1. The molecular weight excluding hydrogens is 573 g/mol. The third-order valence-corrected chi connectivity index (χ3v) is 7.10. The van der Waals surface area contributed by atoms with Gasteiger partial charge in [-0.3, -0.25) is 4.79 Å². The maximum atomic E-state index is 13.7. The van der Waals surface area contributed by atoms with Gasteiger partial charge in [-0.25, -0.2) is 28.1 Å². The molecule has 12 heteroatoms. The molecule has 6 rings (SSSR count). The predicted octanol–water partition coefficient (Wildman–Crippen LogP) is 6.06. The van der Waals surface area contributed by atoms with Crippen molar-refractivity contribution < 1.29 is 27.4 Å². The lowest BCUT2D eigenvalue weighted by atomic mass is 9.91. The van der Waals surface area contributed by atoms with E-state index in [-0.39, 0.29) is 30.8 Å². The Hall–Kier alpha value is -5.07. The Morgan fingerprint density at radius 2 is 1.70 bits per heavy atom. The Labute approximate surface area is 250 Å². The van der Waals surface area contributed by atoms with Gasteiger partial charge in [-0.05, 0) is 55.0 Å². The van der Waals surface area contributed by atoms with Gasteiger partial charge in [-0.1, -0.05) is 30.3 Å². The van der Waals surface area contributed by atoms with Gasteiger partial charge >= 0.3 is 0 Å². The average molecular weight is 601 g/mol. The number of benzene rings is 3. The topological polar surface area (TPSA) is 114 Å². The van der Waals surface area contributed by atoms with E-state index in [1.807, 2.05) is 30.3 Å². The summed E-state index contributed by atoms with van der Waals surface area (Å²) in [7, 11) is 0. The van der Waals surface area contributed by atoms with E-state index in [1.54, 1.807) is 25.1 Å². The van der Waals surface area contributed by atoms with Crippen LogP contribution in [0.2, 0.25) is 0 Å². The normalized spacial score (nSPS) is 18.1. The van der Waals surface area contributed by atoms with E-state index in [0.717, 1.165) is 17.7 Å². The van der Waals surface area contributed by atoms with Gasteiger partial charge in [0.05, 0.1) is 35.7 Å². The second-order valence-corrected chi connectivity index (χ2v) is 10.6. The summed E-state index contributed by atoms with van der Waals surface area (Å²) in [6.45, 7) is 2.31. The van der Waals surface area contributed by atoms with Gasteiger partial charge in [0, 0.05) is 30.1 Å². The number of rotatable bonds is 8. The molecule has 0 aliphatic carbocycles. The molecule has 44 heavy (non-hydrogen) atoms. The summed E-state index contributed by atoms with van der Waals surface area (Å²) >= 11 is 0. The number of nitrogens with one attached hydrogen (secondary N) is 3. The van der Waals surface area contributed by atoms with Crippen LogP contribution in [0, 0.1) is 22.9 Å². The summed E-state index contributed by atoms with van der Waals surface area (Å²) in [5.41, 5.74) is 2.21. The zero-order valence-electron chi connectivity index (χ0n) is 23.5. The Bertz CT molecular complexity index is 1770. The lowest BCUT2D eigenvalue weighted by molar-refractivity contribution is -0.231. The fourth-order valence-electron chi connectivity index (χ4n) is 4.66. The smallest absolute Gasteiger partial charge is 0.230 e. The number of anilines is 2. The van der Waals surface area contributed by atoms with E-state index in [1.165, 1.54) is 24.4 Å². The first-order chi connectivity index (χ1) is 21.3. The number of carbonyl (C=O) groups is 1. The van der Waals surface area contributed by atoms with E-state index >= 15 is 0 Å². The van der Waals surface area contributed by atoms with Crippen LogP contribution >= 0.6 is 0 Å². The molecule has 1 saturated heterocycles. The van der Waals surface area contributed by atoms with Crippen molar-refractivity contribution in [3.8, 4) is 22.6 Å². The van der Waals surface area contributed by atoms with Crippen LogP contribution in [0.15, 0.2) is 85.1 Å². The van der Waals surface area contributed by atoms with Crippen molar-refractivity contribution in [2.45, 2.75) is 19.8 Å². The first kappa shape index (κ1) is 29.0. The second-order valence-electron chi connectivity index (χ2n) is 10.6. The van der Waals surface area contributed by atoms with E-state index in [0.29, 0.717) is 35.0 Å². The zero-order chi connectivity index (χ0) is 30.7. The van der Waals surface area contributed by atoms with E-state index in [2.05, 4.69) is 25.6 Å². The number of imidazole rings is 1. The summed E-state index contributed by atoms with van der Waals surface area (Å²) in [4.78, 5) is 29.6. The second kappa shape index (κ2) is 12.3. The monoisotopic (exact) mass is 600 g/mol. The zero-order valence-corrected chi connectivity index (χ0v) is 23.5. The Balaban J connectivity index is 1.23. The highest BCUT2D eigenvalue weighted by molar-refractivity contribution is 5.82. The molecule has 1 aliphatic heterocycles. The van der Waals surface area contributed by atoms with Crippen molar-refractivity contribution in [2.24, 2.45) is 5.41 Å². The van der Waals surface area contributed by atoms with Crippen LogP contribution in [0.1, 0.15) is 24.6 Å². The van der Waals surface area contributed by atoms with Crippen molar-refractivity contribution in [1.82, 2.24) is 25.3 Å². The first-order valence-corrected chi connectivity index (χ1v) is 13.7. The van der Waals surface area contributed by atoms with Crippen molar-refractivity contribution in [1.29, 1.82) is 0 Å². The molecule has 0 bridgehead atoms. The average Bonchev–Trinajstić information content (AvgIpc) is 3.48. The molecule has 5 aromatic rings. The minimum atomic E-state index is -1.01. The molecule has 1 amide bonds. The Morgan fingerprint density at radius 3 is 2.43 bits per heavy atom. The van der Waals surface area contributed by atoms with Gasteiger partial charge < -0.3 is 25.1 Å². The number of halogens is 3. The molecule has 2 aromatic heterocycles. The number of H-pyrrole nitrogens is 1. The Morgan fingerprint density at radius 1 is 0.955 bits per heavy atom. The fourth-order valence-corrected chi connectivity index (χ4v) is 4.66. The maximum absolute atomic E-state index is 13.7. The molecule has 1 fully saturated rings. The van der Waals surface area contributed by atoms with Gasteiger partial charge in [0.15, 0.2) is 17.5 Å². The minimum absolute atomic E-state index is 0.0794. The number of hydrogen-bond donors (Lipinski definition) is 3. The number of aromatic nitrogens is 4. The van der Waals surface area contributed by atoms with Crippen LogP contribution in [-0.2, 0) is 20.8 Å². The number of hydrogen-bond acceptors (Lipinski definition) is 7. The molecule has 3 heterocycles. The van der Waals surface area contributed by atoms with E-state index in [4.69, 9.17) is 14.5 Å². The highest BCUT2D eigenvalue weighted by Gasteiger charge is 2.40. The molecular formula is C32H27F3N6O3. The van der Waals surface area contributed by atoms with Gasteiger partial charge in [-0.2, -0.15) is 0 Å². The summed E-state index contributed by atoms with van der Waals surface area (Å²) in [5, 5.41) is 5.80. The van der Waals surface area contributed by atoms with E-state index in [9.17, 15) is 18.0 Å². The third-order valence-electron chi connectivity index (χ3n) is 7.10. The van der Waals surface area contributed by atoms with Crippen molar-refractivity contribution in [3.63, 3.8) is 0 Å². The lowest BCUT2D eigenvalue weighted by Gasteiger charge is -2.35. The number of ether oxygens (including phenoxy) is 2. The maximum Gasteiger partial charge on any atom is 0.230 e. The predicted molar refractivity (Wildman–Crippen MR) is 156 cm³/mol. The van der Waals surface area contributed by atoms with Gasteiger partial charge in [0.2, 0.25) is 18.1 Å². The van der Waals surface area contributed by atoms with E-state index < -0.39 is 29.2 Å². The number of nitrogens with zero attached hydrogens (tertiary/aromatic N) is 3. The molecule has 3 N–H and O–H groups in total. The lowest BCUT2D eigenvalue weighted by Crippen LogP contribution is -2.48. The molecule has 9 nitrogen and oxygen atoms in total.